The van der Waals surface area contributed by atoms with Crippen LogP contribution in [0.3, 0.4) is 0 Å². The number of aromatic nitrogens is 1. The van der Waals surface area contributed by atoms with Crippen molar-refractivity contribution in [3.05, 3.63) is 16.7 Å². The highest BCUT2D eigenvalue weighted by molar-refractivity contribution is 9.10. The van der Waals surface area contributed by atoms with Gasteiger partial charge >= 0.3 is 12.1 Å². The Balaban J connectivity index is 1.94. The van der Waals surface area contributed by atoms with Crippen LogP contribution in [0.5, 0.6) is 11.6 Å². The van der Waals surface area contributed by atoms with E-state index >= 15 is 0 Å². The monoisotopic (exact) mass is 452 g/mol. The lowest BCUT2D eigenvalue weighted by molar-refractivity contribution is -0.190. The molecule has 1 aliphatic rings. The van der Waals surface area contributed by atoms with Gasteiger partial charge in [-0.1, -0.05) is 20.8 Å². The minimum atomic E-state index is -5.11. The maximum atomic E-state index is 12.3. The van der Waals surface area contributed by atoms with Crippen LogP contribution in [-0.4, -0.2) is 47.1 Å². The average molecular weight is 453 g/mol. The second-order valence-corrected chi connectivity index (χ2v) is 8.31. The van der Waals surface area contributed by atoms with Gasteiger partial charge in [0.15, 0.2) is 0 Å². The third-order valence-corrected chi connectivity index (χ3v) is 4.25. The van der Waals surface area contributed by atoms with Gasteiger partial charge in [0.1, 0.15) is 11.9 Å². The number of hydrogen-bond donors (Lipinski definition) is 0. The van der Waals surface area contributed by atoms with Gasteiger partial charge in [0.2, 0.25) is 11.8 Å². The van der Waals surface area contributed by atoms with E-state index in [9.17, 15) is 22.8 Å². The summed E-state index contributed by atoms with van der Waals surface area (Å²) in [4.78, 5) is 28.5. The van der Waals surface area contributed by atoms with Crippen molar-refractivity contribution in [2.75, 3.05) is 13.1 Å². The summed E-state index contributed by atoms with van der Waals surface area (Å²) < 4.78 is 46.7. The molecule has 0 radical (unpaired) electrons. The van der Waals surface area contributed by atoms with E-state index < -0.39 is 18.0 Å². The molecule has 1 saturated heterocycles. The number of esters is 1. The summed E-state index contributed by atoms with van der Waals surface area (Å²) in [5.41, 5.74) is -0.103. The number of alkyl halides is 3. The molecular weight excluding hydrogens is 433 g/mol. The number of carbonyl (C=O) groups is 2. The Morgan fingerprint density at radius 2 is 2.00 bits per heavy atom. The molecule has 0 unspecified atom stereocenters. The molecule has 0 aromatic carbocycles. The molecule has 1 amide bonds. The third kappa shape index (κ3) is 6.37. The Bertz CT molecular complexity index is 719. The molecule has 2 rings (SSSR count). The van der Waals surface area contributed by atoms with Crippen molar-refractivity contribution in [1.82, 2.24) is 9.88 Å². The number of rotatable bonds is 4. The lowest BCUT2D eigenvalue weighted by Gasteiger charge is -2.23. The predicted octanol–water partition coefficient (Wildman–Crippen LogP) is 3.73. The number of nitrogens with zero attached hydrogens (tertiary/aromatic N) is 2. The highest BCUT2D eigenvalue weighted by Crippen LogP contribution is 2.30. The third-order valence-electron chi connectivity index (χ3n) is 3.69. The van der Waals surface area contributed by atoms with E-state index in [0.717, 1.165) is 0 Å². The SMILES string of the molecule is CC(C)(C)CC(=O)N1CC[C@@H](Oc2cnc(OC(=O)C(F)(F)F)c(Br)c2)C1. The number of likely N-dealkylation sites (tertiary alicyclic amines) is 1. The topological polar surface area (TPSA) is 68.7 Å². The fourth-order valence-corrected chi connectivity index (χ4v) is 2.91. The van der Waals surface area contributed by atoms with E-state index in [0.29, 0.717) is 31.7 Å². The van der Waals surface area contributed by atoms with Crippen LogP contribution in [0.25, 0.3) is 0 Å². The number of ether oxygens (including phenoxy) is 2. The number of pyridine rings is 1. The first-order valence-corrected chi connectivity index (χ1v) is 9.03. The van der Waals surface area contributed by atoms with Gasteiger partial charge in [-0.2, -0.15) is 13.2 Å². The molecule has 1 aromatic heterocycles. The Hall–Kier alpha value is -1.84. The number of carbonyl (C=O) groups excluding carboxylic acids is 2. The second-order valence-electron chi connectivity index (χ2n) is 7.45. The molecule has 1 aromatic rings. The van der Waals surface area contributed by atoms with Gasteiger partial charge in [0.05, 0.1) is 17.2 Å². The lowest BCUT2D eigenvalue weighted by atomic mass is 9.92. The van der Waals surface area contributed by atoms with E-state index in [1.54, 1.807) is 4.90 Å². The summed E-state index contributed by atoms with van der Waals surface area (Å²) in [6, 6.07) is 1.37. The van der Waals surface area contributed by atoms with Crippen LogP contribution in [0.4, 0.5) is 13.2 Å². The zero-order valence-electron chi connectivity index (χ0n) is 15.1. The molecule has 0 aliphatic carbocycles. The highest BCUT2D eigenvalue weighted by atomic mass is 79.9. The number of halogens is 4. The lowest BCUT2D eigenvalue weighted by Crippen LogP contribution is -2.33. The zero-order chi connectivity index (χ0) is 20.4. The fraction of sp³-hybridized carbons (Fsp3) is 0.588. The van der Waals surface area contributed by atoms with Crippen LogP contribution in [0.15, 0.2) is 16.7 Å². The highest BCUT2D eigenvalue weighted by Gasteiger charge is 2.42. The maximum Gasteiger partial charge on any atom is 0.491 e. The van der Waals surface area contributed by atoms with E-state index in [2.05, 4.69) is 25.7 Å². The Labute approximate surface area is 163 Å². The van der Waals surface area contributed by atoms with Gasteiger partial charge in [-0.25, -0.2) is 9.78 Å². The zero-order valence-corrected chi connectivity index (χ0v) is 16.7. The van der Waals surface area contributed by atoms with Crippen LogP contribution in [0.2, 0.25) is 0 Å². The Morgan fingerprint density at radius 3 is 2.56 bits per heavy atom. The summed E-state index contributed by atoms with van der Waals surface area (Å²) >= 11 is 3.01. The van der Waals surface area contributed by atoms with E-state index in [-0.39, 0.29) is 21.9 Å². The van der Waals surface area contributed by atoms with Gasteiger partial charge in [-0.3, -0.25) is 4.79 Å². The van der Waals surface area contributed by atoms with Crippen molar-refractivity contribution in [1.29, 1.82) is 0 Å². The summed E-state index contributed by atoms with van der Waals surface area (Å²) in [6.07, 6.45) is -3.11. The van der Waals surface area contributed by atoms with Gasteiger partial charge < -0.3 is 14.4 Å². The first kappa shape index (κ1) is 21.5. The van der Waals surface area contributed by atoms with E-state index in [4.69, 9.17) is 4.74 Å². The standard InChI is InChI=1S/C17H20BrF3N2O4/c1-16(2,3)7-13(24)23-5-4-10(9-23)26-11-6-12(18)14(22-8-11)27-15(25)17(19,20)21/h6,8,10H,4-5,7,9H2,1-3H3/t10-/m1/s1. The summed E-state index contributed by atoms with van der Waals surface area (Å²) in [5, 5.41) is 0. The molecule has 0 bridgehead atoms. The molecule has 1 atom stereocenters. The fourth-order valence-electron chi connectivity index (χ4n) is 2.50. The van der Waals surface area contributed by atoms with Gasteiger partial charge in [-0.05, 0) is 21.3 Å². The Morgan fingerprint density at radius 1 is 1.33 bits per heavy atom. The van der Waals surface area contributed by atoms with Crippen molar-refractivity contribution >= 4 is 27.8 Å². The van der Waals surface area contributed by atoms with E-state index in [1.807, 2.05) is 20.8 Å². The van der Waals surface area contributed by atoms with E-state index in [1.165, 1.54) is 12.3 Å². The van der Waals surface area contributed by atoms with Gasteiger partial charge in [0.25, 0.3) is 0 Å². The minimum absolute atomic E-state index is 0.0521. The second kappa shape index (κ2) is 8.04. The van der Waals surface area contributed by atoms with Crippen molar-refractivity contribution in [3.8, 4) is 11.6 Å². The first-order chi connectivity index (χ1) is 12.3. The van der Waals surface area contributed by atoms with Crippen LogP contribution in [-0.2, 0) is 9.59 Å². The molecule has 6 nitrogen and oxygen atoms in total. The molecule has 27 heavy (non-hydrogen) atoms. The molecule has 1 aliphatic heterocycles. The van der Waals surface area contributed by atoms with Crippen molar-refractivity contribution in [2.24, 2.45) is 5.41 Å². The Kier molecular flexibility index (Phi) is 6.39. The summed E-state index contributed by atoms with van der Waals surface area (Å²) in [6.45, 7) is 6.98. The van der Waals surface area contributed by atoms with Crippen LogP contribution < -0.4 is 9.47 Å². The number of hydrogen-bond acceptors (Lipinski definition) is 5. The summed E-state index contributed by atoms with van der Waals surface area (Å²) in [5.74, 6) is -2.50. The molecule has 150 valence electrons. The molecule has 10 heteroatoms. The van der Waals surface area contributed by atoms with Crippen molar-refractivity contribution in [3.63, 3.8) is 0 Å². The smallest absolute Gasteiger partial charge is 0.487 e. The van der Waals surface area contributed by atoms with Crippen LogP contribution in [0, 0.1) is 5.41 Å². The van der Waals surface area contributed by atoms with Crippen LogP contribution in [0.1, 0.15) is 33.6 Å². The minimum Gasteiger partial charge on any atom is -0.487 e. The molecule has 0 spiro atoms. The largest absolute Gasteiger partial charge is 0.491 e. The number of amides is 1. The molecule has 1 fully saturated rings. The molecule has 2 heterocycles. The molecule has 0 N–H and O–H groups in total. The summed E-state index contributed by atoms with van der Waals surface area (Å²) in [7, 11) is 0. The molecule has 0 saturated carbocycles. The normalized spacial score (nSPS) is 17.7. The molecular formula is C17H20BrF3N2O4. The van der Waals surface area contributed by atoms with Gasteiger partial charge in [-0.15, -0.1) is 0 Å². The van der Waals surface area contributed by atoms with Crippen molar-refractivity contribution < 1.29 is 32.2 Å². The van der Waals surface area contributed by atoms with Crippen molar-refractivity contribution in [2.45, 2.75) is 45.9 Å². The maximum absolute atomic E-state index is 12.3. The first-order valence-electron chi connectivity index (χ1n) is 8.24. The quantitative estimate of drug-likeness (QED) is 0.651. The van der Waals surface area contributed by atoms with Gasteiger partial charge in [0, 0.05) is 25.5 Å². The van der Waals surface area contributed by atoms with Crippen LogP contribution >= 0.6 is 15.9 Å². The average Bonchev–Trinajstić information content (AvgIpc) is 2.96. The predicted molar refractivity (Wildman–Crippen MR) is 93.3 cm³/mol.